The lowest BCUT2D eigenvalue weighted by Crippen LogP contribution is -2.40. The van der Waals surface area contributed by atoms with Crippen LogP contribution < -0.4 is 0 Å². The molecule has 1 fully saturated rings. The molecular formula is C11H20O2. The zero-order valence-corrected chi connectivity index (χ0v) is 8.82. The molecule has 1 aliphatic rings. The first-order chi connectivity index (χ1) is 6.16. The minimum Gasteiger partial charge on any atom is -0.352 e. The third kappa shape index (κ3) is 2.55. The molecule has 2 heteroatoms. The lowest BCUT2D eigenvalue weighted by Gasteiger charge is -2.37. The lowest BCUT2D eigenvalue weighted by atomic mass is 9.83. The van der Waals surface area contributed by atoms with Crippen molar-refractivity contribution in [2.45, 2.75) is 27.1 Å². The van der Waals surface area contributed by atoms with Gasteiger partial charge in [-0.15, -0.1) is 6.58 Å². The number of hydrogen-bond donors (Lipinski definition) is 0. The van der Waals surface area contributed by atoms with Gasteiger partial charge in [-0.1, -0.05) is 26.8 Å². The molecule has 0 bridgehead atoms. The van der Waals surface area contributed by atoms with E-state index in [1.165, 1.54) is 0 Å². The first-order valence-electron chi connectivity index (χ1n) is 5.01. The molecule has 0 spiro atoms. The van der Waals surface area contributed by atoms with E-state index in [4.69, 9.17) is 9.47 Å². The van der Waals surface area contributed by atoms with Crippen molar-refractivity contribution in [3.05, 3.63) is 12.7 Å². The van der Waals surface area contributed by atoms with E-state index in [1.807, 2.05) is 0 Å². The molecule has 76 valence electrons. The Labute approximate surface area is 80.9 Å². The summed E-state index contributed by atoms with van der Waals surface area (Å²) in [5, 5.41) is 0. The van der Waals surface area contributed by atoms with Gasteiger partial charge in [-0.25, -0.2) is 0 Å². The van der Waals surface area contributed by atoms with Crippen molar-refractivity contribution >= 4 is 0 Å². The summed E-state index contributed by atoms with van der Waals surface area (Å²) >= 11 is 0. The molecule has 13 heavy (non-hydrogen) atoms. The summed E-state index contributed by atoms with van der Waals surface area (Å²) in [4.78, 5) is 0. The molecule has 4 atom stereocenters. The monoisotopic (exact) mass is 184 g/mol. The number of hydrogen-bond acceptors (Lipinski definition) is 2. The summed E-state index contributed by atoms with van der Waals surface area (Å²) in [6, 6.07) is 0. The molecule has 0 radical (unpaired) electrons. The summed E-state index contributed by atoms with van der Waals surface area (Å²) < 4.78 is 11.1. The van der Waals surface area contributed by atoms with Crippen LogP contribution in [0.25, 0.3) is 0 Å². The van der Waals surface area contributed by atoms with Crippen LogP contribution in [0.4, 0.5) is 0 Å². The first-order valence-corrected chi connectivity index (χ1v) is 5.01. The summed E-state index contributed by atoms with van der Waals surface area (Å²) in [5.74, 6) is 1.78. The average molecular weight is 184 g/mol. The van der Waals surface area contributed by atoms with Crippen LogP contribution >= 0.6 is 0 Å². The van der Waals surface area contributed by atoms with Gasteiger partial charge in [-0.3, -0.25) is 0 Å². The number of ether oxygens (including phenoxy) is 2. The van der Waals surface area contributed by atoms with E-state index < -0.39 is 0 Å². The van der Waals surface area contributed by atoms with Crippen LogP contribution in [0, 0.1) is 17.8 Å². The fourth-order valence-corrected chi connectivity index (χ4v) is 1.68. The van der Waals surface area contributed by atoms with Crippen molar-refractivity contribution in [3.63, 3.8) is 0 Å². The molecule has 0 aromatic heterocycles. The Balaban J connectivity index is 2.43. The fourth-order valence-electron chi connectivity index (χ4n) is 1.68. The van der Waals surface area contributed by atoms with Gasteiger partial charge < -0.3 is 9.47 Å². The van der Waals surface area contributed by atoms with Crippen molar-refractivity contribution < 1.29 is 9.47 Å². The second-order valence-electron chi connectivity index (χ2n) is 4.02. The molecule has 2 unspecified atom stereocenters. The highest BCUT2D eigenvalue weighted by Crippen LogP contribution is 2.30. The molecule has 0 aromatic rings. The van der Waals surface area contributed by atoms with Crippen molar-refractivity contribution in [2.24, 2.45) is 17.8 Å². The zero-order valence-electron chi connectivity index (χ0n) is 8.82. The van der Waals surface area contributed by atoms with E-state index in [-0.39, 0.29) is 6.29 Å². The van der Waals surface area contributed by atoms with Crippen LogP contribution in [-0.2, 0) is 9.47 Å². The average Bonchev–Trinajstić information content (AvgIpc) is 2.13. The molecule has 1 rings (SSSR count). The van der Waals surface area contributed by atoms with Crippen LogP contribution in [0.3, 0.4) is 0 Å². The predicted molar refractivity (Wildman–Crippen MR) is 53.4 cm³/mol. The first kappa shape index (κ1) is 10.7. The Morgan fingerprint density at radius 1 is 1.38 bits per heavy atom. The third-order valence-corrected chi connectivity index (χ3v) is 3.06. The van der Waals surface area contributed by atoms with Gasteiger partial charge in [-0.05, 0) is 11.8 Å². The van der Waals surface area contributed by atoms with E-state index in [0.29, 0.717) is 24.4 Å². The second-order valence-corrected chi connectivity index (χ2v) is 4.02. The van der Waals surface area contributed by atoms with E-state index in [2.05, 4.69) is 27.4 Å². The minimum atomic E-state index is -0.0378. The van der Waals surface area contributed by atoms with Crippen molar-refractivity contribution in [1.29, 1.82) is 0 Å². The van der Waals surface area contributed by atoms with Crippen LogP contribution in [0.2, 0.25) is 0 Å². The number of rotatable bonds is 3. The summed E-state index contributed by atoms with van der Waals surface area (Å²) in [5.41, 5.74) is 0. The van der Waals surface area contributed by atoms with E-state index in [0.717, 1.165) is 6.61 Å². The SMILES string of the molecule is C=CCOC1OC[C@@H](C)[C@H](C)C1C. The quantitative estimate of drug-likeness (QED) is 0.627. The van der Waals surface area contributed by atoms with Crippen molar-refractivity contribution in [1.82, 2.24) is 0 Å². The molecule has 0 N–H and O–H groups in total. The predicted octanol–water partition coefficient (Wildman–Crippen LogP) is 2.45. The van der Waals surface area contributed by atoms with Gasteiger partial charge >= 0.3 is 0 Å². The molecule has 1 heterocycles. The standard InChI is InChI=1S/C11H20O2/c1-5-6-12-11-10(4)9(3)8(2)7-13-11/h5,8-11H,1,6-7H2,2-4H3/t8-,9+,10?,11?/m1/s1. The van der Waals surface area contributed by atoms with E-state index in [9.17, 15) is 0 Å². The van der Waals surface area contributed by atoms with Gasteiger partial charge in [0.25, 0.3) is 0 Å². The van der Waals surface area contributed by atoms with Crippen LogP contribution in [-0.4, -0.2) is 19.5 Å². The maximum absolute atomic E-state index is 5.60. The molecule has 0 aliphatic carbocycles. The summed E-state index contributed by atoms with van der Waals surface area (Å²) in [6.07, 6.45) is 1.72. The lowest BCUT2D eigenvalue weighted by molar-refractivity contribution is -0.210. The van der Waals surface area contributed by atoms with Crippen molar-refractivity contribution in [2.75, 3.05) is 13.2 Å². The van der Waals surface area contributed by atoms with Crippen LogP contribution in [0.1, 0.15) is 20.8 Å². The molecular weight excluding hydrogens is 164 g/mol. The van der Waals surface area contributed by atoms with Gasteiger partial charge in [0.05, 0.1) is 13.2 Å². The van der Waals surface area contributed by atoms with E-state index in [1.54, 1.807) is 6.08 Å². The molecule has 2 nitrogen and oxygen atoms in total. The minimum absolute atomic E-state index is 0.0378. The Bertz CT molecular complexity index is 167. The molecule has 1 saturated heterocycles. The van der Waals surface area contributed by atoms with Gasteiger partial charge in [-0.2, -0.15) is 0 Å². The third-order valence-electron chi connectivity index (χ3n) is 3.06. The Morgan fingerprint density at radius 2 is 2.08 bits per heavy atom. The maximum atomic E-state index is 5.60. The Hall–Kier alpha value is -0.340. The van der Waals surface area contributed by atoms with Crippen molar-refractivity contribution in [3.8, 4) is 0 Å². The molecule has 0 aromatic carbocycles. The second kappa shape index (κ2) is 4.77. The highest BCUT2D eigenvalue weighted by molar-refractivity contribution is 4.76. The molecule has 0 amide bonds. The zero-order chi connectivity index (χ0) is 9.84. The topological polar surface area (TPSA) is 18.5 Å². The van der Waals surface area contributed by atoms with Gasteiger partial charge in [0.1, 0.15) is 0 Å². The Kier molecular flexibility index (Phi) is 3.94. The van der Waals surface area contributed by atoms with Crippen LogP contribution in [0.15, 0.2) is 12.7 Å². The highest BCUT2D eigenvalue weighted by atomic mass is 16.7. The smallest absolute Gasteiger partial charge is 0.160 e. The van der Waals surface area contributed by atoms with Gasteiger partial charge in [0.2, 0.25) is 0 Å². The van der Waals surface area contributed by atoms with E-state index >= 15 is 0 Å². The van der Waals surface area contributed by atoms with Crippen LogP contribution in [0.5, 0.6) is 0 Å². The fraction of sp³-hybridized carbons (Fsp3) is 0.818. The largest absolute Gasteiger partial charge is 0.352 e. The van der Waals surface area contributed by atoms with Gasteiger partial charge in [0, 0.05) is 5.92 Å². The highest BCUT2D eigenvalue weighted by Gasteiger charge is 2.32. The summed E-state index contributed by atoms with van der Waals surface area (Å²) in [7, 11) is 0. The molecule has 1 aliphatic heterocycles. The summed E-state index contributed by atoms with van der Waals surface area (Å²) in [6.45, 7) is 11.7. The maximum Gasteiger partial charge on any atom is 0.160 e. The normalized spacial score (nSPS) is 40.2. The Morgan fingerprint density at radius 3 is 2.69 bits per heavy atom. The van der Waals surface area contributed by atoms with Gasteiger partial charge in [0.15, 0.2) is 6.29 Å². The molecule has 0 saturated carbocycles.